The Hall–Kier alpha value is -1.97. The molecule has 0 radical (unpaired) electrons. The molecule has 0 aliphatic heterocycles. The van der Waals surface area contributed by atoms with Crippen LogP contribution in [0.4, 0.5) is 0 Å². The quantitative estimate of drug-likeness (QED) is 0.728. The molecule has 0 spiro atoms. The van der Waals surface area contributed by atoms with Crippen molar-refractivity contribution in [3.05, 3.63) is 47.8 Å². The zero-order valence-corrected chi connectivity index (χ0v) is 9.13. The monoisotopic (exact) mass is 215 g/mol. The molecule has 0 amide bonds. The highest BCUT2D eigenvalue weighted by atomic mass is 16.1. The van der Waals surface area contributed by atoms with Crippen molar-refractivity contribution in [2.24, 2.45) is 7.05 Å². The minimum Gasteiger partial charge on any atom is -0.292 e. The van der Waals surface area contributed by atoms with Crippen molar-refractivity contribution in [2.75, 3.05) is 0 Å². The lowest BCUT2D eigenvalue weighted by molar-refractivity contribution is 0.0974. The number of carbonyl (C=O) groups is 1. The molecule has 2 rings (SSSR count). The van der Waals surface area contributed by atoms with Gasteiger partial charge in [-0.15, -0.1) is 5.10 Å². The lowest BCUT2D eigenvalue weighted by Gasteiger charge is -2.00. The van der Waals surface area contributed by atoms with Crippen LogP contribution in [0.1, 0.15) is 22.5 Å². The second kappa shape index (κ2) is 4.70. The van der Waals surface area contributed by atoms with E-state index in [2.05, 4.69) is 10.3 Å². The Bertz CT molecular complexity index is 476. The van der Waals surface area contributed by atoms with Gasteiger partial charge in [-0.25, -0.2) is 4.68 Å². The second-order valence-corrected chi connectivity index (χ2v) is 3.65. The normalized spacial score (nSPS) is 10.3. The predicted molar refractivity (Wildman–Crippen MR) is 60.1 cm³/mol. The van der Waals surface area contributed by atoms with E-state index in [-0.39, 0.29) is 5.78 Å². The summed E-state index contributed by atoms with van der Waals surface area (Å²) in [5.74, 6) is 0.0800. The number of rotatable bonds is 4. The molecule has 4 heteroatoms. The molecule has 1 heterocycles. The van der Waals surface area contributed by atoms with Crippen LogP contribution in [0.2, 0.25) is 0 Å². The summed E-state index contributed by atoms with van der Waals surface area (Å²) in [5.41, 5.74) is 1.74. The number of Topliss-reactive ketones (excluding diaryl/α,β-unsaturated/α-hetero) is 1. The van der Waals surface area contributed by atoms with Crippen LogP contribution < -0.4 is 0 Å². The Balaban J connectivity index is 1.97. The maximum atomic E-state index is 11.8. The van der Waals surface area contributed by atoms with Crippen LogP contribution in [0.5, 0.6) is 0 Å². The summed E-state index contributed by atoms with van der Waals surface area (Å²) in [6.07, 6.45) is 2.75. The van der Waals surface area contributed by atoms with Crippen LogP contribution in [0.25, 0.3) is 0 Å². The molecule has 0 aliphatic rings. The van der Waals surface area contributed by atoms with Gasteiger partial charge in [0.05, 0.1) is 6.20 Å². The third-order valence-corrected chi connectivity index (χ3v) is 2.48. The Morgan fingerprint density at radius 2 is 2.06 bits per heavy atom. The van der Waals surface area contributed by atoms with E-state index in [9.17, 15) is 4.79 Å². The van der Waals surface area contributed by atoms with Crippen LogP contribution >= 0.6 is 0 Å². The zero-order valence-electron chi connectivity index (χ0n) is 9.13. The highest BCUT2D eigenvalue weighted by Gasteiger charge is 2.10. The summed E-state index contributed by atoms with van der Waals surface area (Å²) in [4.78, 5) is 11.8. The Morgan fingerprint density at radius 1 is 1.31 bits per heavy atom. The maximum absolute atomic E-state index is 11.8. The topological polar surface area (TPSA) is 47.8 Å². The van der Waals surface area contributed by atoms with Crippen molar-refractivity contribution in [2.45, 2.75) is 12.8 Å². The van der Waals surface area contributed by atoms with Crippen LogP contribution in [0.3, 0.4) is 0 Å². The van der Waals surface area contributed by atoms with E-state index >= 15 is 0 Å². The average molecular weight is 215 g/mol. The highest BCUT2D eigenvalue weighted by Crippen LogP contribution is 2.06. The summed E-state index contributed by atoms with van der Waals surface area (Å²) in [7, 11) is 1.72. The number of ketones is 1. The first kappa shape index (κ1) is 10.5. The first-order chi connectivity index (χ1) is 7.77. The van der Waals surface area contributed by atoms with Gasteiger partial charge in [0.2, 0.25) is 0 Å². The van der Waals surface area contributed by atoms with Gasteiger partial charge < -0.3 is 0 Å². The van der Waals surface area contributed by atoms with Gasteiger partial charge in [-0.2, -0.15) is 0 Å². The summed E-state index contributed by atoms with van der Waals surface area (Å²) in [5, 5.41) is 7.43. The number of aryl methyl sites for hydroxylation is 2. The van der Waals surface area contributed by atoms with E-state index in [0.29, 0.717) is 12.1 Å². The molecule has 16 heavy (non-hydrogen) atoms. The summed E-state index contributed by atoms with van der Waals surface area (Å²) < 4.78 is 1.51. The molecular weight excluding hydrogens is 202 g/mol. The largest absolute Gasteiger partial charge is 0.292 e. The van der Waals surface area contributed by atoms with Crippen molar-refractivity contribution < 1.29 is 4.79 Å². The molecule has 4 nitrogen and oxygen atoms in total. The Morgan fingerprint density at radius 3 is 2.69 bits per heavy atom. The lowest BCUT2D eigenvalue weighted by Crippen LogP contribution is -2.07. The number of hydrogen-bond acceptors (Lipinski definition) is 3. The van der Waals surface area contributed by atoms with Gasteiger partial charge in [0.1, 0.15) is 5.69 Å². The predicted octanol–water partition coefficient (Wildman–Crippen LogP) is 1.63. The summed E-state index contributed by atoms with van der Waals surface area (Å²) >= 11 is 0. The number of carbonyl (C=O) groups excluding carboxylic acids is 1. The van der Waals surface area contributed by atoms with E-state index in [1.165, 1.54) is 16.4 Å². The minimum atomic E-state index is 0.0800. The van der Waals surface area contributed by atoms with Gasteiger partial charge in [-0.1, -0.05) is 35.5 Å². The number of nitrogens with zero attached hydrogens (tertiary/aromatic N) is 3. The molecule has 0 fully saturated rings. The van der Waals surface area contributed by atoms with E-state index < -0.39 is 0 Å². The Labute approximate surface area is 93.9 Å². The molecule has 0 aliphatic carbocycles. The first-order valence-corrected chi connectivity index (χ1v) is 5.19. The van der Waals surface area contributed by atoms with Gasteiger partial charge in [0, 0.05) is 13.5 Å². The molecule has 0 N–H and O–H groups in total. The molecule has 0 atom stereocenters. The van der Waals surface area contributed by atoms with E-state index in [0.717, 1.165) is 6.42 Å². The van der Waals surface area contributed by atoms with Gasteiger partial charge >= 0.3 is 0 Å². The van der Waals surface area contributed by atoms with Crippen LogP contribution in [-0.4, -0.2) is 20.8 Å². The standard InChI is InChI=1S/C12H13N3O/c1-15-11(9-13-14-15)12(16)8-7-10-5-3-2-4-6-10/h2-6,9H,7-8H2,1H3. The number of aromatic nitrogens is 3. The minimum absolute atomic E-state index is 0.0800. The van der Waals surface area contributed by atoms with Gasteiger partial charge in [-0.3, -0.25) is 4.79 Å². The van der Waals surface area contributed by atoms with Crippen LogP contribution in [-0.2, 0) is 13.5 Å². The van der Waals surface area contributed by atoms with E-state index in [1.807, 2.05) is 30.3 Å². The van der Waals surface area contributed by atoms with Gasteiger partial charge in [-0.05, 0) is 12.0 Å². The number of hydrogen-bond donors (Lipinski definition) is 0. The molecule has 1 aromatic heterocycles. The summed E-state index contributed by atoms with van der Waals surface area (Å²) in [6.45, 7) is 0. The molecule has 0 saturated carbocycles. The molecule has 0 bridgehead atoms. The highest BCUT2D eigenvalue weighted by molar-refractivity contribution is 5.94. The third-order valence-electron chi connectivity index (χ3n) is 2.48. The van der Waals surface area contributed by atoms with Gasteiger partial charge in [0.15, 0.2) is 5.78 Å². The smallest absolute Gasteiger partial charge is 0.182 e. The molecular formula is C12H13N3O. The summed E-state index contributed by atoms with van der Waals surface area (Å²) in [6, 6.07) is 9.97. The van der Waals surface area contributed by atoms with Crippen LogP contribution in [0.15, 0.2) is 36.5 Å². The second-order valence-electron chi connectivity index (χ2n) is 3.65. The maximum Gasteiger partial charge on any atom is 0.182 e. The number of benzene rings is 1. The Kier molecular flexibility index (Phi) is 3.10. The zero-order chi connectivity index (χ0) is 11.4. The van der Waals surface area contributed by atoms with E-state index in [4.69, 9.17) is 0 Å². The van der Waals surface area contributed by atoms with Crippen molar-refractivity contribution >= 4 is 5.78 Å². The molecule has 0 saturated heterocycles. The molecule has 1 aromatic carbocycles. The first-order valence-electron chi connectivity index (χ1n) is 5.19. The molecule has 0 unspecified atom stereocenters. The van der Waals surface area contributed by atoms with Crippen LogP contribution in [0, 0.1) is 0 Å². The van der Waals surface area contributed by atoms with E-state index in [1.54, 1.807) is 7.05 Å². The van der Waals surface area contributed by atoms with Crippen molar-refractivity contribution in [1.82, 2.24) is 15.0 Å². The van der Waals surface area contributed by atoms with Crippen molar-refractivity contribution in [3.63, 3.8) is 0 Å². The van der Waals surface area contributed by atoms with Crippen molar-refractivity contribution in [3.8, 4) is 0 Å². The average Bonchev–Trinajstić information content (AvgIpc) is 2.74. The third kappa shape index (κ3) is 2.34. The molecule has 2 aromatic rings. The SMILES string of the molecule is Cn1nncc1C(=O)CCc1ccccc1. The van der Waals surface area contributed by atoms with Gasteiger partial charge in [0.25, 0.3) is 0 Å². The fraction of sp³-hybridized carbons (Fsp3) is 0.250. The fourth-order valence-corrected chi connectivity index (χ4v) is 1.57. The molecule has 82 valence electrons. The lowest BCUT2D eigenvalue weighted by atomic mass is 10.1. The fourth-order valence-electron chi connectivity index (χ4n) is 1.57. The van der Waals surface area contributed by atoms with Crippen molar-refractivity contribution in [1.29, 1.82) is 0 Å².